The molecule has 0 unspecified atom stereocenters. The highest BCUT2D eigenvalue weighted by atomic mass is 16.2. The van der Waals surface area contributed by atoms with Gasteiger partial charge in [0.25, 0.3) is 5.91 Å². The average Bonchev–Trinajstić information content (AvgIpc) is 3.73. The summed E-state index contributed by atoms with van der Waals surface area (Å²) in [4.78, 5) is 34.7. The second-order valence-corrected chi connectivity index (χ2v) is 14.9. The Hall–Kier alpha value is -4.90. The van der Waals surface area contributed by atoms with Gasteiger partial charge in [-0.3, -0.25) is 15.0 Å². The number of unbranched alkanes of at least 4 members (excludes halogenated alkanes) is 13. The number of nitrogens with one attached hydrogen (secondary N) is 7. The van der Waals surface area contributed by atoms with Crippen LogP contribution in [-0.4, -0.2) is 46.9 Å². The highest BCUT2D eigenvalue weighted by Crippen LogP contribution is 2.24. The minimum Gasteiger partial charge on any atom is -0.385 e. The Labute approximate surface area is 334 Å². The SMILES string of the molecule is CCCCCCCCCCCCCCCCNc1ccc(CNC(=O)[C@H](CCCNC(=N)N)NC(=O)c2ccc(CNCc3ncc[nH]3)c3ccccc23)cc1. The van der Waals surface area contributed by atoms with Gasteiger partial charge in [-0.15, -0.1) is 0 Å². The summed E-state index contributed by atoms with van der Waals surface area (Å²) in [7, 11) is 0. The number of nitrogens with zero attached hydrogens (tertiary/aromatic N) is 1. The molecule has 0 aliphatic rings. The highest BCUT2D eigenvalue weighted by Gasteiger charge is 2.22. The molecule has 2 amide bonds. The first-order valence-electron chi connectivity index (χ1n) is 21.1. The van der Waals surface area contributed by atoms with E-state index in [9.17, 15) is 9.59 Å². The fourth-order valence-corrected chi connectivity index (χ4v) is 7.06. The van der Waals surface area contributed by atoms with Crippen LogP contribution in [0.5, 0.6) is 0 Å². The zero-order valence-corrected chi connectivity index (χ0v) is 33.7. The number of carbonyl (C=O) groups is 2. The molecule has 0 saturated carbocycles. The van der Waals surface area contributed by atoms with Crippen molar-refractivity contribution in [3.63, 3.8) is 0 Å². The number of imidazole rings is 1. The minimum absolute atomic E-state index is 0.127. The number of nitrogens with two attached hydrogens (primary N) is 1. The van der Waals surface area contributed by atoms with Gasteiger partial charge in [0.1, 0.15) is 11.9 Å². The van der Waals surface area contributed by atoms with Crippen LogP contribution in [0.15, 0.2) is 73.1 Å². The Bertz CT molecular complexity index is 1710. The molecule has 11 heteroatoms. The molecule has 1 heterocycles. The van der Waals surface area contributed by atoms with Gasteiger partial charge in [0.2, 0.25) is 5.91 Å². The summed E-state index contributed by atoms with van der Waals surface area (Å²) in [6.45, 7) is 5.20. The number of aromatic nitrogens is 2. The van der Waals surface area contributed by atoms with E-state index in [1.54, 1.807) is 12.4 Å². The number of rotatable bonds is 29. The lowest BCUT2D eigenvalue weighted by Crippen LogP contribution is -2.47. The van der Waals surface area contributed by atoms with Gasteiger partial charge in [0, 0.05) is 49.8 Å². The Morgan fingerprint density at radius 3 is 2.04 bits per heavy atom. The molecule has 0 aliphatic carbocycles. The van der Waals surface area contributed by atoms with Gasteiger partial charge >= 0.3 is 0 Å². The molecule has 1 aromatic heterocycles. The first kappa shape index (κ1) is 43.8. The van der Waals surface area contributed by atoms with Crippen LogP contribution in [-0.2, 0) is 24.4 Å². The molecule has 56 heavy (non-hydrogen) atoms. The molecular formula is C45H67N9O2. The first-order valence-corrected chi connectivity index (χ1v) is 21.1. The number of amides is 2. The monoisotopic (exact) mass is 766 g/mol. The van der Waals surface area contributed by atoms with Crippen LogP contribution in [0.3, 0.4) is 0 Å². The maximum Gasteiger partial charge on any atom is 0.252 e. The van der Waals surface area contributed by atoms with Gasteiger partial charge in [-0.2, -0.15) is 0 Å². The molecule has 3 aromatic carbocycles. The highest BCUT2D eigenvalue weighted by molar-refractivity contribution is 6.09. The van der Waals surface area contributed by atoms with E-state index in [-0.39, 0.29) is 17.8 Å². The van der Waals surface area contributed by atoms with E-state index >= 15 is 0 Å². The van der Waals surface area contributed by atoms with Crippen molar-refractivity contribution >= 4 is 34.2 Å². The van der Waals surface area contributed by atoms with Gasteiger partial charge < -0.3 is 37.3 Å². The Morgan fingerprint density at radius 1 is 0.732 bits per heavy atom. The molecule has 304 valence electrons. The van der Waals surface area contributed by atoms with Crippen LogP contribution in [0, 0.1) is 5.41 Å². The largest absolute Gasteiger partial charge is 0.385 e. The number of guanidine groups is 1. The molecule has 0 spiro atoms. The van der Waals surface area contributed by atoms with Gasteiger partial charge in [-0.1, -0.05) is 133 Å². The van der Waals surface area contributed by atoms with E-state index < -0.39 is 6.04 Å². The fraction of sp³-hybridized carbons (Fsp3) is 0.511. The van der Waals surface area contributed by atoms with Crippen molar-refractivity contribution in [3.05, 3.63) is 95.6 Å². The second kappa shape index (κ2) is 26.0. The number of H-pyrrole nitrogens is 1. The van der Waals surface area contributed by atoms with E-state index in [0.29, 0.717) is 44.6 Å². The maximum atomic E-state index is 13.8. The predicted molar refractivity (Wildman–Crippen MR) is 231 cm³/mol. The lowest BCUT2D eigenvalue weighted by molar-refractivity contribution is -0.123. The number of hydrogen-bond acceptors (Lipinski definition) is 6. The average molecular weight is 766 g/mol. The van der Waals surface area contributed by atoms with Crippen LogP contribution in [0.4, 0.5) is 5.69 Å². The molecule has 0 bridgehead atoms. The van der Waals surface area contributed by atoms with E-state index in [1.807, 2.05) is 48.5 Å². The molecule has 4 rings (SSSR count). The quantitative estimate of drug-likeness (QED) is 0.0156. The molecule has 4 aromatic rings. The number of hydrogen-bond donors (Lipinski definition) is 8. The number of fused-ring (bicyclic) bond motifs is 1. The molecule has 11 nitrogen and oxygen atoms in total. The molecule has 1 atom stereocenters. The van der Waals surface area contributed by atoms with Crippen LogP contribution in [0.25, 0.3) is 10.8 Å². The predicted octanol–water partition coefficient (Wildman–Crippen LogP) is 8.42. The minimum atomic E-state index is -0.768. The topological polar surface area (TPSA) is 173 Å². The number of anilines is 1. The fourth-order valence-electron chi connectivity index (χ4n) is 7.06. The van der Waals surface area contributed by atoms with E-state index in [1.165, 1.54) is 83.5 Å². The van der Waals surface area contributed by atoms with Gasteiger partial charge in [-0.05, 0) is 59.4 Å². The number of benzene rings is 3. The van der Waals surface area contributed by atoms with Crippen molar-refractivity contribution in [2.45, 2.75) is 135 Å². The van der Waals surface area contributed by atoms with E-state index in [4.69, 9.17) is 11.1 Å². The third-order valence-electron chi connectivity index (χ3n) is 10.3. The summed E-state index contributed by atoms with van der Waals surface area (Å²) in [5, 5.41) is 25.0. The number of carbonyl (C=O) groups excluding carboxylic acids is 2. The maximum absolute atomic E-state index is 13.8. The zero-order chi connectivity index (χ0) is 39.6. The summed E-state index contributed by atoms with van der Waals surface area (Å²) >= 11 is 0. The first-order chi connectivity index (χ1) is 27.4. The van der Waals surface area contributed by atoms with Gasteiger partial charge in [0.05, 0.1) is 6.54 Å². The van der Waals surface area contributed by atoms with Crippen LogP contribution in [0.2, 0.25) is 0 Å². The standard InChI is InChI=1S/C45H67N9O2/c1-2-3-4-5-6-7-8-9-10-11-12-13-14-17-28-49-37-25-22-35(23-26-37)32-53-44(56)41(21-18-29-52-45(46)47)54-43(55)40-27-24-36(38-19-15-16-20-39(38)40)33-48-34-42-50-30-31-51-42/h15-16,19-20,22-27,30-31,41,48-49H,2-14,17-18,21,28-29,32-34H2,1H3,(H,50,51)(H,53,56)(H,54,55)(H4,46,47,52)/t41-/m0/s1. The summed E-state index contributed by atoms with van der Waals surface area (Å²) in [6.07, 6.45) is 23.4. The molecule has 9 N–H and O–H groups in total. The Kier molecular flexibility index (Phi) is 20.4. The third-order valence-corrected chi connectivity index (χ3v) is 10.3. The summed E-state index contributed by atoms with van der Waals surface area (Å²) in [5.41, 5.74) is 9.08. The van der Waals surface area contributed by atoms with Crippen molar-refractivity contribution in [1.29, 1.82) is 5.41 Å². The summed E-state index contributed by atoms with van der Waals surface area (Å²) in [5.74, 6) is 0.153. The summed E-state index contributed by atoms with van der Waals surface area (Å²) < 4.78 is 0. The van der Waals surface area contributed by atoms with E-state index in [2.05, 4.69) is 55.6 Å². The van der Waals surface area contributed by atoms with Crippen molar-refractivity contribution in [1.82, 2.24) is 31.2 Å². The summed E-state index contributed by atoms with van der Waals surface area (Å²) in [6, 6.07) is 19.0. The lowest BCUT2D eigenvalue weighted by Gasteiger charge is -2.20. The zero-order valence-electron chi connectivity index (χ0n) is 33.7. The van der Waals surface area contributed by atoms with Crippen LogP contribution in [0.1, 0.15) is 137 Å². The van der Waals surface area contributed by atoms with Gasteiger partial charge in [0.15, 0.2) is 5.96 Å². The van der Waals surface area contributed by atoms with Crippen molar-refractivity contribution in [3.8, 4) is 0 Å². The lowest BCUT2D eigenvalue weighted by atomic mass is 9.98. The van der Waals surface area contributed by atoms with Crippen molar-refractivity contribution < 1.29 is 9.59 Å². The molecule has 0 saturated heterocycles. The smallest absolute Gasteiger partial charge is 0.252 e. The molecule has 0 aliphatic heterocycles. The third kappa shape index (κ3) is 16.5. The van der Waals surface area contributed by atoms with E-state index in [0.717, 1.165) is 46.4 Å². The Morgan fingerprint density at radius 2 is 1.39 bits per heavy atom. The molecule has 0 fully saturated rings. The normalized spacial score (nSPS) is 11.7. The number of aromatic amines is 1. The Balaban J connectivity index is 1.20. The second-order valence-electron chi connectivity index (χ2n) is 14.9. The van der Waals surface area contributed by atoms with Gasteiger partial charge in [-0.25, -0.2) is 4.98 Å². The van der Waals surface area contributed by atoms with Crippen molar-refractivity contribution in [2.24, 2.45) is 5.73 Å². The van der Waals surface area contributed by atoms with Crippen LogP contribution >= 0.6 is 0 Å². The molecular weight excluding hydrogens is 699 g/mol. The van der Waals surface area contributed by atoms with Crippen molar-refractivity contribution in [2.75, 3.05) is 18.4 Å². The molecule has 0 radical (unpaired) electrons. The van der Waals surface area contributed by atoms with Crippen LogP contribution < -0.4 is 32.3 Å².